The highest BCUT2D eigenvalue weighted by atomic mass is 79.9. The second-order valence-electron chi connectivity index (χ2n) is 5.51. The normalized spacial score (nSPS) is 11.1. The van der Waals surface area contributed by atoms with Crippen LogP contribution in [0.25, 0.3) is 11.2 Å². The van der Waals surface area contributed by atoms with E-state index in [0.717, 1.165) is 10.0 Å². The van der Waals surface area contributed by atoms with Crippen LogP contribution >= 0.6 is 15.9 Å². The molecule has 3 rings (SSSR count). The molecule has 0 saturated carbocycles. The molecular formula is C15H16BrN5O2. The number of rotatable bonds is 3. The van der Waals surface area contributed by atoms with Gasteiger partial charge in [-0.05, 0) is 17.7 Å². The Morgan fingerprint density at radius 1 is 1.30 bits per heavy atom. The molecule has 1 N–H and O–H groups in total. The third-order valence-electron chi connectivity index (χ3n) is 3.62. The van der Waals surface area contributed by atoms with Crippen LogP contribution in [-0.4, -0.2) is 33.2 Å². The molecule has 120 valence electrons. The fraction of sp³-hybridized carbons (Fsp3) is 0.267. The van der Waals surface area contributed by atoms with Crippen LogP contribution in [0.2, 0.25) is 0 Å². The average Bonchev–Trinajstić information content (AvgIpc) is 2.85. The molecule has 0 fully saturated rings. The van der Waals surface area contributed by atoms with E-state index in [-0.39, 0.29) is 0 Å². The van der Waals surface area contributed by atoms with Crippen molar-refractivity contribution in [3.8, 4) is 0 Å². The summed E-state index contributed by atoms with van der Waals surface area (Å²) >= 11 is 3.45. The number of nitrogens with zero attached hydrogens (tertiary/aromatic N) is 4. The third kappa shape index (κ3) is 2.70. The van der Waals surface area contributed by atoms with E-state index < -0.39 is 11.2 Å². The van der Waals surface area contributed by atoms with Crippen molar-refractivity contribution in [2.75, 3.05) is 19.0 Å². The van der Waals surface area contributed by atoms with E-state index >= 15 is 0 Å². The van der Waals surface area contributed by atoms with Gasteiger partial charge in [-0.15, -0.1) is 0 Å². The maximum atomic E-state index is 12.3. The molecule has 8 heteroatoms. The summed E-state index contributed by atoms with van der Waals surface area (Å²) in [7, 11) is 5.30. The number of halogens is 1. The minimum atomic E-state index is -0.472. The van der Waals surface area contributed by atoms with Gasteiger partial charge in [0.2, 0.25) is 5.95 Å². The van der Waals surface area contributed by atoms with Crippen LogP contribution in [0.5, 0.6) is 0 Å². The predicted octanol–water partition coefficient (Wildman–Crippen LogP) is 1.30. The van der Waals surface area contributed by atoms with Crippen LogP contribution in [0.4, 0.5) is 5.95 Å². The lowest BCUT2D eigenvalue weighted by Crippen LogP contribution is -2.29. The number of aryl methyl sites for hydroxylation is 1. The van der Waals surface area contributed by atoms with E-state index in [0.29, 0.717) is 23.7 Å². The van der Waals surface area contributed by atoms with Gasteiger partial charge < -0.3 is 4.90 Å². The van der Waals surface area contributed by atoms with Gasteiger partial charge in [0.15, 0.2) is 11.2 Å². The number of hydrogen-bond donors (Lipinski definition) is 1. The van der Waals surface area contributed by atoms with Crippen LogP contribution < -0.4 is 16.1 Å². The van der Waals surface area contributed by atoms with E-state index in [4.69, 9.17) is 0 Å². The number of nitrogens with one attached hydrogen (secondary N) is 1. The highest BCUT2D eigenvalue weighted by Gasteiger charge is 2.18. The summed E-state index contributed by atoms with van der Waals surface area (Å²) in [5.41, 5.74) is 0.877. The molecule has 7 nitrogen and oxygen atoms in total. The van der Waals surface area contributed by atoms with Gasteiger partial charge in [0.1, 0.15) is 0 Å². The molecule has 0 spiro atoms. The number of H-pyrrole nitrogens is 1. The van der Waals surface area contributed by atoms with Gasteiger partial charge in [-0.3, -0.25) is 18.9 Å². The Bertz CT molecular complexity index is 999. The molecule has 0 aliphatic heterocycles. The van der Waals surface area contributed by atoms with E-state index in [1.165, 1.54) is 4.57 Å². The molecule has 0 aliphatic carbocycles. The summed E-state index contributed by atoms with van der Waals surface area (Å²) in [5.74, 6) is 0.617. The molecule has 2 heterocycles. The Labute approximate surface area is 140 Å². The number of aromatic nitrogens is 4. The molecule has 2 aromatic heterocycles. The fourth-order valence-electron chi connectivity index (χ4n) is 2.53. The van der Waals surface area contributed by atoms with Crippen LogP contribution in [-0.2, 0) is 13.6 Å². The lowest BCUT2D eigenvalue weighted by atomic mass is 10.2. The van der Waals surface area contributed by atoms with E-state index in [1.807, 2.05) is 47.8 Å². The SMILES string of the molecule is CN(C)c1nc2c(c(=O)[nH]c(=O)n2C)n1Cc1cccc(Br)c1. The number of aromatic amines is 1. The van der Waals surface area contributed by atoms with Gasteiger partial charge in [-0.2, -0.15) is 4.98 Å². The highest BCUT2D eigenvalue weighted by Crippen LogP contribution is 2.20. The number of hydrogen-bond acceptors (Lipinski definition) is 4. The van der Waals surface area contributed by atoms with Crippen LogP contribution in [0.1, 0.15) is 5.56 Å². The van der Waals surface area contributed by atoms with Crippen molar-refractivity contribution < 1.29 is 0 Å². The smallest absolute Gasteiger partial charge is 0.329 e. The summed E-state index contributed by atoms with van der Waals surface area (Å²) in [5, 5.41) is 0. The molecule has 23 heavy (non-hydrogen) atoms. The molecule has 0 saturated heterocycles. The number of fused-ring (bicyclic) bond motifs is 1. The van der Waals surface area contributed by atoms with Crippen molar-refractivity contribution in [2.24, 2.45) is 7.05 Å². The molecule has 1 aromatic carbocycles. The Kier molecular flexibility index (Phi) is 3.85. The number of anilines is 1. The monoisotopic (exact) mass is 377 g/mol. The number of benzene rings is 1. The lowest BCUT2D eigenvalue weighted by Gasteiger charge is -2.14. The highest BCUT2D eigenvalue weighted by molar-refractivity contribution is 9.10. The minimum absolute atomic E-state index is 0.373. The first-order valence-corrected chi connectivity index (χ1v) is 7.79. The van der Waals surface area contributed by atoms with Crippen molar-refractivity contribution in [3.05, 3.63) is 55.1 Å². The topological polar surface area (TPSA) is 75.9 Å². The maximum Gasteiger partial charge on any atom is 0.329 e. The zero-order valence-electron chi connectivity index (χ0n) is 13.0. The van der Waals surface area contributed by atoms with E-state index in [2.05, 4.69) is 25.9 Å². The van der Waals surface area contributed by atoms with Crippen LogP contribution in [0.3, 0.4) is 0 Å². The number of imidazole rings is 1. The predicted molar refractivity (Wildman–Crippen MR) is 93.2 cm³/mol. The van der Waals surface area contributed by atoms with Crippen molar-refractivity contribution in [1.29, 1.82) is 0 Å². The van der Waals surface area contributed by atoms with Gasteiger partial charge in [0.05, 0.1) is 6.54 Å². The summed E-state index contributed by atoms with van der Waals surface area (Å²) in [6.07, 6.45) is 0. The van der Waals surface area contributed by atoms with Crippen LogP contribution in [0.15, 0.2) is 38.3 Å². The van der Waals surface area contributed by atoms with Crippen molar-refractivity contribution in [1.82, 2.24) is 19.1 Å². The second-order valence-corrected chi connectivity index (χ2v) is 6.43. The summed E-state index contributed by atoms with van der Waals surface area (Å²) in [6.45, 7) is 0.477. The Morgan fingerprint density at radius 3 is 2.70 bits per heavy atom. The van der Waals surface area contributed by atoms with Gasteiger partial charge in [-0.25, -0.2) is 4.79 Å². The quantitative estimate of drug-likeness (QED) is 0.746. The molecular weight excluding hydrogens is 362 g/mol. The third-order valence-corrected chi connectivity index (χ3v) is 4.11. The summed E-state index contributed by atoms with van der Waals surface area (Å²) in [4.78, 5) is 32.7. The second kappa shape index (κ2) is 5.69. The van der Waals surface area contributed by atoms with Crippen LogP contribution in [0, 0.1) is 0 Å². The van der Waals surface area contributed by atoms with Crippen molar-refractivity contribution >= 4 is 33.0 Å². The lowest BCUT2D eigenvalue weighted by molar-refractivity contribution is 0.792. The maximum absolute atomic E-state index is 12.3. The summed E-state index contributed by atoms with van der Waals surface area (Å²) < 4.78 is 4.13. The van der Waals surface area contributed by atoms with Crippen molar-refractivity contribution in [2.45, 2.75) is 6.54 Å². The van der Waals surface area contributed by atoms with Gasteiger partial charge >= 0.3 is 5.69 Å². The first kappa shape index (κ1) is 15.5. The van der Waals surface area contributed by atoms with E-state index in [9.17, 15) is 9.59 Å². The fourth-order valence-corrected chi connectivity index (χ4v) is 2.98. The zero-order valence-corrected chi connectivity index (χ0v) is 14.6. The van der Waals surface area contributed by atoms with Gasteiger partial charge in [0.25, 0.3) is 5.56 Å². The average molecular weight is 378 g/mol. The van der Waals surface area contributed by atoms with Gasteiger partial charge in [0, 0.05) is 25.6 Å². The first-order chi connectivity index (χ1) is 10.9. The standard InChI is InChI=1S/C15H16BrN5O2/c1-19(2)14-17-12-11(13(22)18-15(23)20(12)3)21(14)8-9-5-4-6-10(16)7-9/h4-7H,8H2,1-3H3,(H,18,22,23). The molecule has 0 radical (unpaired) electrons. The largest absolute Gasteiger partial charge is 0.348 e. The molecule has 0 atom stereocenters. The molecule has 0 unspecified atom stereocenters. The molecule has 3 aromatic rings. The van der Waals surface area contributed by atoms with Crippen molar-refractivity contribution in [3.63, 3.8) is 0 Å². The summed E-state index contributed by atoms with van der Waals surface area (Å²) in [6, 6.07) is 7.85. The minimum Gasteiger partial charge on any atom is -0.348 e. The molecule has 0 aliphatic rings. The Balaban J connectivity index is 2.30. The molecule has 0 amide bonds. The zero-order chi connectivity index (χ0) is 16.7. The van der Waals surface area contributed by atoms with Gasteiger partial charge in [-0.1, -0.05) is 28.1 Å². The molecule has 0 bridgehead atoms. The Hall–Kier alpha value is -2.35. The first-order valence-electron chi connectivity index (χ1n) is 7.00. The Morgan fingerprint density at radius 2 is 2.04 bits per heavy atom. The van der Waals surface area contributed by atoms with E-state index in [1.54, 1.807) is 7.05 Å².